The van der Waals surface area contributed by atoms with Gasteiger partial charge in [-0.3, -0.25) is 9.58 Å². The smallest absolute Gasteiger partial charge is 0.0703 e. The maximum atomic E-state index is 5.84. The monoisotopic (exact) mass is 331 g/mol. The van der Waals surface area contributed by atoms with Gasteiger partial charge in [-0.25, -0.2) is 0 Å². The summed E-state index contributed by atoms with van der Waals surface area (Å²) in [5.41, 5.74) is 3.78. The summed E-state index contributed by atoms with van der Waals surface area (Å²) in [5.74, 6) is 0. The lowest BCUT2D eigenvalue weighted by Crippen LogP contribution is -2.31. The van der Waals surface area contributed by atoms with Crippen LogP contribution in [0.2, 0.25) is 0 Å². The average molecular weight is 331 g/mol. The fraction of sp³-hybridized carbons (Fsp3) is 0.500. The molecule has 1 unspecified atom stereocenters. The quantitative estimate of drug-likeness (QED) is 0.692. The molecule has 23 heavy (non-hydrogen) atoms. The Balaban J connectivity index is 1.70. The van der Waals surface area contributed by atoms with Gasteiger partial charge in [-0.2, -0.15) is 16.4 Å². The minimum Gasteiger partial charge on any atom is -0.377 e. The molecule has 1 saturated heterocycles. The maximum absolute atomic E-state index is 5.84. The molecule has 0 radical (unpaired) electrons. The van der Waals surface area contributed by atoms with Crippen molar-refractivity contribution in [1.82, 2.24) is 14.7 Å². The predicted molar refractivity (Wildman–Crippen MR) is 94.6 cm³/mol. The Morgan fingerprint density at radius 2 is 2.43 bits per heavy atom. The van der Waals surface area contributed by atoms with Gasteiger partial charge >= 0.3 is 0 Å². The Morgan fingerprint density at radius 1 is 1.52 bits per heavy atom. The summed E-state index contributed by atoms with van der Waals surface area (Å²) in [4.78, 5) is 2.49. The van der Waals surface area contributed by atoms with E-state index in [0.717, 1.165) is 38.5 Å². The van der Waals surface area contributed by atoms with E-state index in [4.69, 9.17) is 4.74 Å². The fourth-order valence-electron chi connectivity index (χ4n) is 3.08. The van der Waals surface area contributed by atoms with Gasteiger partial charge in [-0.05, 0) is 42.2 Å². The summed E-state index contributed by atoms with van der Waals surface area (Å²) in [6.07, 6.45) is 6.76. The first-order valence-corrected chi connectivity index (χ1v) is 9.17. The molecule has 0 spiro atoms. The second-order valence-electron chi connectivity index (χ2n) is 6.19. The molecule has 1 aliphatic heterocycles. The third kappa shape index (κ3) is 4.53. The fourth-order valence-corrected chi connectivity index (χ4v) is 3.74. The summed E-state index contributed by atoms with van der Waals surface area (Å²) >= 11 is 1.76. The lowest BCUT2D eigenvalue weighted by molar-refractivity contribution is 0.0679. The number of aromatic nitrogens is 2. The molecule has 0 amide bonds. The average Bonchev–Trinajstić information content (AvgIpc) is 3.24. The third-order valence-electron chi connectivity index (χ3n) is 4.23. The van der Waals surface area contributed by atoms with Crippen LogP contribution in [0.3, 0.4) is 0 Å². The van der Waals surface area contributed by atoms with E-state index in [1.165, 1.54) is 24.0 Å². The van der Waals surface area contributed by atoms with E-state index in [-0.39, 0.29) is 0 Å². The molecule has 5 heteroatoms. The van der Waals surface area contributed by atoms with E-state index in [1.54, 1.807) is 11.3 Å². The molecule has 1 atom stereocenters. The Kier molecular flexibility index (Phi) is 5.65. The number of ether oxygens (including phenoxy) is 1. The number of hydrogen-bond donors (Lipinski definition) is 0. The largest absolute Gasteiger partial charge is 0.377 e. The SMILES string of the molecule is C=CCn1cc(CN(Cc2ccsc2)CC2CCCO2)c(C)n1. The molecule has 1 aliphatic rings. The van der Waals surface area contributed by atoms with Gasteiger partial charge in [-0.1, -0.05) is 6.08 Å². The van der Waals surface area contributed by atoms with Crippen LogP contribution in [0.25, 0.3) is 0 Å². The van der Waals surface area contributed by atoms with Crippen LogP contribution in [0.15, 0.2) is 35.7 Å². The minimum absolute atomic E-state index is 0.372. The highest BCUT2D eigenvalue weighted by atomic mass is 32.1. The summed E-state index contributed by atoms with van der Waals surface area (Å²) in [6.45, 7) is 10.4. The molecule has 0 saturated carbocycles. The second kappa shape index (κ2) is 7.90. The van der Waals surface area contributed by atoms with Gasteiger partial charge in [0.1, 0.15) is 0 Å². The van der Waals surface area contributed by atoms with Gasteiger partial charge in [0.15, 0.2) is 0 Å². The van der Waals surface area contributed by atoms with Gasteiger partial charge in [0.25, 0.3) is 0 Å². The van der Waals surface area contributed by atoms with Crippen LogP contribution in [-0.4, -0.2) is 33.9 Å². The third-order valence-corrected chi connectivity index (χ3v) is 4.96. The Bertz CT molecular complexity index is 614. The van der Waals surface area contributed by atoms with Crippen LogP contribution >= 0.6 is 11.3 Å². The maximum Gasteiger partial charge on any atom is 0.0703 e. The zero-order valence-electron chi connectivity index (χ0n) is 13.8. The van der Waals surface area contributed by atoms with Crippen molar-refractivity contribution in [2.75, 3.05) is 13.2 Å². The van der Waals surface area contributed by atoms with Crippen molar-refractivity contribution in [2.24, 2.45) is 0 Å². The summed E-state index contributed by atoms with van der Waals surface area (Å²) in [5, 5.41) is 8.95. The van der Waals surface area contributed by atoms with Crippen molar-refractivity contribution in [3.8, 4) is 0 Å². The van der Waals surface area contributed by atoms with Crippen molar-refractivity contribution < 1.29 is 4.74 Å². The zero-order chi connectivity index (χ0) is 16.1. The number of aryl methyl sites for hydroxylation is 1. The lowest BCUT2D eigenvalue weighted by atomic mass is 10.2. The number of rotatable bonds is 8. The van der Waals surface area contributed by atoms with Gasteiger partial charge in [0.2, 0.25) is 0 Å². The molecule has 124 valence electrons. The topological polar surface area (TPSA) is 30.3 Å². The van der Waals surface area contributed by atoms with Crippen LogP contribution in [-0.2, 0) is 24.4 Å². The molecule has 0 bridgehead atoms. The summed E-state index contributed by atoms with van der Waals surface area (Å²) in [6, 6.07) is 2.21. The van der Waals surface area contributed by atoms with E-state index in [1.807, 2.05) is 10.8 Å². The molecule has 3 heterocycles. The Morgan fingerprint density at radius 3 is 3.13 bits per heavy atom. The highest BCUT2D eigenvalue weighted by molar-refractivity contribution is 7.07. The van der Waals surface area contributed by atoms with Crippen molar-refractivity contribution in [1.29, 1.82) is 0 Å². The van der Waals surface area contributed by atoms with Crippen LogP contribution in [0, 0.1) is 6.92 Å². The number of allylic oxidation sites excluding steroid dienone is 1. The molecule has 0 N–H and O–H groups in total. The first kappa shape index (κ1) is 16.4. The molecular weight excluding hydrogens is 306 g/mol. The first-order valence-electron chi connectivity index (χ1n) is 8.23. The first-order chi connectivity index (χ1) is 11.2. The van der Waals surface area contributed by atoms with Crippen LogP contribution in [0.4, 0.5) is 0 Å². The molecule has 2 aromatic rings. The minimum atomic E-state index is 0.372. The van der Waals surface area contributed by atoms with Gasteiger partial charge in [0, 0.05) is 38.0 Å². The van der Waals surface area contributed by atoms with Gasteiger partial charge in [-0.15, -0.1) is 6.58 Å². The normalized spacial score (nSPS) is 17.9. The Hall–Kier alpha value is -1.43. The molecular formula is C18H25N3OS. The number of nitrogens with zero attached hydrogens (tertiary/aromatic N) is 3. The molecule has 3 rings (SSSR count). The van der Waals surface area contributed by atoms with E-state index >= 15 is 0 Å². The van der Waals surface area contributed by atoms with Crippen LogP contribution in [0.1, 0.15) is 29.7 Å². The van der Waals surface area contributed by atoms with Gasteiger partial charge in [0.05, 0.1) is 18.3 Å². The molecule has 0 aromatic carbocycles. The number of hydrogen-bond acceptors (Lipinski definition) is 4. The lowest BCUT2D eigenvalue weighted by Gasteiger charge is -2.24. The summed E-state index contributed by atoms with van der Waals surface area (Å²) in [7, 11) is 0. The van der Waals surface area contributed by atoms with E-state index in [0.29, 0.717) is 6.10 Å². The van der Waals surface area contributed by atoms with E-state index < -0.39 is 0 Å². The van der Waals surface area contributed by atoms with E-state index in [2.05, 4.69) is 46.5 Å². The van der Waals surface area contributed by atoms with Crippen molar-refractivity contribution >= 4 is 11.3 Å². The zero-order valence-corrected chi connectivity index (χ0v) is 14.6. The Labute approximate surface area is 142 Å². The molecule has 4 nitrogen and oxygen atoms in total. The standard InChI is InChI=1S/C18H25N3OS/c1-3-7-21-12-17(15(2)19-21)11-20(10-16-6-9-23-14-16)13-18-5-4-8-22-18/h3,6,9,12,14,18H,1,4-5,7-8,10-11,13H2,2H3. The molecule has 0 aliphatic carbocycles. The van der Waals surface area contributed by atoms with Crippen molar-refractivity contribution in [2.45, 2.75) is 45.5 Å². The van der Waals surface area contributed by atoms with Crippen LogP contribution < -0.4 is 0 Å². The highest BCUT2D eigenvalue weighted by Gasteiger charge is 2.20. The highest BCUT2D eigenvalue weighted by Crippen LogP contribution is 2.19. The van der Waals surface area contributed by atoms with E-state index in [9.17, 15) is 0 Å². The van der Waals surface area contributed by atoms with Gasteiger partial charge < -0.3 is 4.74 Å². The number of thiophene rings is 1. The second-order valence-corrected chi connectivity index (χ2v) is 6.97. The molecule has 1 fully saturated rings. The van der Waals surface area contributed by atoms with Crippen LogP contribution in [0.5, 0.6) is 0 Å². The predicted octanol–water partition coefficient (Wildman–Crippen LogP) is 3.62. The summed E-state index contributed by atoms with van der Waals surface area (Å²) < 4.78 is 7.81. The molecule has 2 aromatic heterocycles. The van der Waals surface area contributed by atoms with Crippen molar-refractivity contribution in [3.05, 3.63) is 52.5 Å². The van der Waals surface area contributed by atoms with Crippen molar-refractivity contribution in [3.63, 3.8) is 0 Å².